The fourth-order valence-corrected chi connectivity index (χ4v) is 2.91. The molecule has 0 bridgehead atoms. The van der Waals surface area contributed by atoms with E-state index in [-0.39, 0.29) is 4.87 Å². The van der Waals surface area contributed by atoms with E-state index in [2.05, 4.69) is 20.4 Å². The molecule has 8 heteroatoms. The monoisotopic (exact) mass is 304 g/mol. The maximum atomic E-state index is 11.8. The van der Waals surface area contributed by atoms with Crippen molar-refractivity contribution in [2.45, 2.75) is 20.4 Å². The van der Waals surface area contributed by atoms with Gasteiger partial charge in [-0.2, -0.15) is 5.10 Å². The van der Waals surface area contributed by atoms with Gasteiger partial charge in [0.05, 0.1) is 18.1 Å². The van der Waals surface area contributed by atoms with Gasteiger partial charge in [0.25, 0.3) is 0 Å². The highest BCUT2D eigenvalue weighted by Gasteiger charge is 2.13. The molecule has 21 heavy (non-hydrogen) atoms. The van der Waals surface area contributed by atoms with Gasteiger partial charge in [0.2, 0.25) is 0 Å². The number of rotatable bonds is 4. The van der Waals surface area contributed by atoms with E-state index >= 15 is 0 Å². The summed E-state index contributed by atoms with van der Waals surface area (Å²) in [4.78, 5) is 20.9. The summed E-state index contributed by atoms with van der Waals surface area (Å²) in [5.74, 6) is 1.36. The minimum absolute atomic E-state index is 0.00574. The maximum Gasteiger partial charge on any atom is 0.307 e. The molecule has 0 amide bonds. The van der Waals surface area contributed by atoms with Crippen LogP contribution in [0.1, 0.15) is 18.4 Å². The third-order valence-electron chi connectivity index (χ3n) is 3.26. The number of anilines is 1. The second kappa shape index (κ2) is 5.28. The van der Waals surface area contributed by atoms with Gasteiger partial charge in [-0.05, 0) is 13.8 Å². The molecule has 3 rings (SSSR count). The highest BCUT2D eigenvalue weighted by molar-refractivity contribution is 7.07. The summed E-state index contributed by atoms with van der Waals surface area (Å²) < 4.78 is 3.39. The maximum absolute atomic E-state index is 11.8. The van der Waals surface area contributed by atoms with Crippen LogP contribution in [-0.4, -0.2) is 30.9 Å². The predicted octanol–water partition coefficient (Wildman–Crippen LogP) is 1.38. The Bertz CT molecular complexity index is 846. The molecule has 1 N–H and O–H groups in total. The van der Waals surface area contributed by atoms with Crippen LogP contribution >= 0.6 is 11.3 Å². The third kappa shape index (κ3) is 2.42. The van der Waals surface area contributed by atoms with Crippen molar-refractivity contribution in [3.63, 3.8) is 0 Å². The van der Waals surface area contributed by atoms with Gasteiger partial charge in [0.1, 0.15) is 5.82 Å². The lowest BCUT2D eigenvalue weighted by molar-refractivity contribution is 0.708. The zero-order valence-corrected chi connectivity index (χ0v) is 12.9. The van der Waals surface area contributed by atoms with Crippen LogP contribution < -0.4 is 10.2 Å². The highest BCUT2D eigenvalue weighted by atomic mass is 32.1. The Hall–Kier alpha value is -2.22. The van der Waals surface area contributed by atoms with Crippen LogP contribution in [0, 0.1) is 6.92 Å². The van der Waals surface area contributed by atoms with Crippen LogP contribution in [-0.2, 0) is 13.6 Å². The van der Waals surface area contributed by atoms with Crippen molar-refractivity contribution in [3.8, 4) is 0 Å². The van der Waals surface area contributed by atoms with Gasteiger partial charge >= 0.3 is 4.87 Å². The smallest absolute Gasteiger partial charge is 0.307 e. The fraction of sp³-hybridized carbons (Fsp3) is 0.385. The summed E-state index contributed by atoms with van der Waals surface area (Å²) in [5, 5.41) is 10.2. The molecular formula is C13H16N6OS. The normalized spacial score (nSPS) is 11.2. The van der Waals surface area contributed by atoms with E-state index in [1.54, 1.807) is 15.4 Å². The number of aromatic nitrogens is 5. The zero-order chi connectivity index (χ0) is 15.0. The average Bonchev–Trinajstić information content (AvgIpc) is 2.98. The van der Waals surface area contributed by atoms with E-state index < -0.39 is 0 Å². The van der Waals surface area contributed by atoms with Crippen molar-refractivity contribution in [1.82, 2.24) is 24.3 Å². The zero-order valence-electron chi connectivity index (χ0n) is 12.1. The van der Waals surface area contributed by atoms with Gasteiger partial charge in [-0.3, -0.25) is 14.0 Å². The van der Waals surface area contributed by atoms with Crippen LogP contribution in [0.15, 0.2) is 16.4 Å². The fourth-order valence-electron chi connectivity index (χ4n) is 2.18. The van der Waals surface area contributed by atoms with Crippen molar-refractivity contribution in [1.29, 1.82) is 0 Å². The van der Waals surface area contributed by atoms with Gasteiger partial charge in [-0.25, -0.2) is 9.97 Å². The lowest BCUT2D eigenvalue weighted by Gasteiger charge is -2.08. The second-order valence-corrected chi connectivity index (χ2v) is 5.57. The molecule has 0 aliphatic heterocycles. The molecular weight excluding hydrogens is 288 g/mol. The summed E-state index contributed by atoms with van der Waals surface area (Å²) in [6.45, 7) is 5.05. The number of fused-ring (bicyclic) bond motifs is 1. The van der Waals surface area contributed by atoms with Gasteiger partial charge in [0, 0.05) is 24.7 Å². The Morgan fingerprint density at radius 2 is 2.19 bits per heavy atom. The van der Waals surface area contributed by atoms with Crippen molar-refractivity contribution >= 4 is 28.2 Å². The van der Waals surface area contributed by atoms with Crippen LogP contribution in [0.25, 0.3) is 11.0 Å². The SMILES string of the molecule is CCNc1nc(Cn2c(C)csc2=O)nc2c1cnn2C. The molecule has 110 valence electrons. The summed E-state index contributed by atoms with van der Waals surface area (Å²) in [6, 6.07) is 0. The number of hydrogen-bond acceptors (Lipinski definition) is 6. The number of aryl methyl sites for hydroxylation is 2. The van der Waals surface area contributed by atoms with Gasteiger partial charge in [-0.1, -0.05) is 11.3 Å². The molecule has 3 aromatic heterocycles. The van der Waals surface area contributed by atoms with E-state index in [9.17, 15) is 4.79 Å². The lowest BCUT2D eigenvalue weighted by atomic mass is 10.3. The summed E-state index contributed by atoms with van der Waals surface area (Å²) >= 11 is 1.19. The predicted molar refractivity (Wildman–Crippen MR) is 82.9 cm³/mol. The molecule has 7 nitrogen and oxygen atoms in total. The Morgan fingerprint density at radius 1 is 1.38 bits per heavy atom. The highest BCUT2D eigenvalue weighted by Crippen LogP contribution is 2.19. The van der Waals surface area contributed by atoms with Crippen molar-refractivity contribution < 1.29 is 0 Å². The average molecular weight is 304 g/mol. The van der Waals surface area contributed by atoms with Crippen LogP contribution in [0.2, 0.25) is 0 Å². The lowest BCUT2D eigenvalue weighted by Crippen LogP contribution is -2.17. The van der Waals surface area contributed by atoms with Crippen LogP contribution in [0.5, 0.6) is 0 Å². The molecule has 0 aromatic carbocycles. The van der Waals surface area contributed by atoms with E-state index in [1.165, 1.54) is 11.3 Å². The van der Waals surface area contributed by atoms with Gasteiger partial charge < -0.3 is 5.32 Å². The molecule has 0 fully saturated rings. The minimum atomic E-state index is 0.00574. The van der Waals surface area contributed by atoms with Gasteiger partial charge in [-0.15, -0.1) is 0 Å². The van der Waals surface area contributed by atoms with Crippen LogP contribution in [0.4, 0.5) is 5.82 Å². The molecule has 0 saturated heterocycles. The third-order valence-corrected chi connectivity index (χ3v) is 4.14. The van der Waals surface area contributed by atoms with E-state index in [0.29, 0.717) is 12.4 Å². The van der Waals surface area contributed by atoms with Crippen molar-refractivity contribution in [3.05, 3.63) is 32.8 Å². The topological polar surface area (TPSA) is 77.6 Å². The van der Waals surface area contributed by atoms with Crippen molar-refractivity contribution in [2.24, 2.45) is 7.05 Å². The summed E-state index contributed by atoms with van der Waals surface area (Å²) in [5.41, 5.74) is 1.68. The van der Waals surface area contributed by atoms with E-state index in [1.807, 2.05) is 26.3 Å². The van der Waals surface area contributed by atoms with Crippen LogP contribution in [0.3, 0.4) is 0 Å². The number of thiazole rings is 1. The summed E-state index contributed by atoms with van der Waals surface area (Å²) in [6.07, 6.45) is 1.75. The molecule has 0 radical (unpaired) electrons. The Morgan fingerprint density at radius 3 is 2.86 bits per heavy atom. The Balaban J connectivity index is 2.10. The van der Waals surface area contributed by atoms with Gasteiger partial charge in [0.15, 0.2) is 11.5 Å². The quantitative estimate of drug-likeness (QED) is 0.788. The van der Waals surface area contributed by atoms with Crippen molar-refractivity contribution in [2.75, 3.05) is 11.9 Å². The molecule has 0 spiro atoms. The first-order valence-corrected chi connectivity index (χ1v) is 7.55. The molecule has 0 atom stereocenters. The molecule has 0 unspecified atom stereocenters. The molecule has 3 aromatic rings. The largest absolute Gasteiger partial charge is 0.370 e. The van der Waals surface area contributed by atoms with E-state index in [4.69, 9.17) is 0 Å². The molecule has 3 heterocycles. The second-order valence-electron chi connectivity index (χ2n) is 4.75. The Kier molecular flexibility index (Phi) is 3.46. The Labute approximate surface area is 125 Å². The number of hydrogen-bond donors (Lipinski definition) is 1. The molecule has 0 saturated carbocycles. The number of nitrogens with one attached hydrogen (secondary N) is 1. The first-order valence-electron chi connectivity index (χ1n) is 6.67. The first-order chi connectivity index (χ1) is 10.1. The molecule has 0 aliphatic rings. The summed E-state index contributed by atoms with van der Waals surface area (Å²) in [7, 11) is 1.84. The first kappa shape index (κ1) is 13.7. The van der Waals surface area contributed by atoms with E-state index in [0.717, 1.165) is 29.1 Å². The standard InChI is InChI=1S/C13H16N6OS/c1-4-14-11-9-5-15-18(3)12(9)17-10(16-11)6-19-8(2)7-21-13(19)20/h5,7H,4,6H2,1-3H3,(H,14,16,17). The molecule has 0 aliphatic carbocycles. The number of nitrogens with zero attached hydrogens (tertiary/aromatic N) is 5. The minimum Gasteiger partial charge on any atom is -0.370 e.